The molecule has 0 unspecified atom stereocenters. The van der Waals surface area contributed by atoms with Gasteiger partial charge in [0.05, 0.1) is 22.2 Å². The van der Waals surface area contributed by atoms with E-state index in [9.17, 15) is 14.7 Å². The number of carbonyl (C=O) groups excluding carboxylic acids is 1. The van der Waals surface area contributed by atoms with Crippen LogP contribution in [0.3, 0.4) is 0 Å². The Balaban J connectivity index is 1.30. The lowest BCUT2D eigenvalue weighted by atomic mass is 9.94. The number of aromatic nitrogens is 3. The number of carboxylic acids is 1. The molecule has 7 heteroatoms. The van der Waals surface area contributed by atoms with E-state index in [0.717, 1.165) is 57.4 Å². The molecule has 2 fully saturated rings. The molecule has 1 saturated heterocycles. The van der Waals surface area contributed by atoms with Crippen molar-refractivity contribution in [2.24, 2.45) is 0 Å². The summed E-state index contributed by atoms with van der Waals surface area (Å²) < 4.78 is 2.37. The topological polar surface area (TPSA) is 88.3 Å². The number of hydrogen-bond donors (Lipinski definition) is 1. The Morgan fingerprint density at radius 1 is 0.756 bits per heavy atom. The number of aliphatic carboxylic acids is 1. The van der Waals surface area contributed by atoms with Crippen molar-refractivity contribution in [3.05, 3.63) is 84.4 Å². The smallest absolute Gasteiger partial charge is 0.326 e. The predicted molar refractivity (Wildman–Crippen MR) is 160 cm³/mol. The van der Waals surface area contributed by atoms with Crippen molar-refractivity contribution in [2.75, 3.05) is 6.54 Å². The molecule has 5 aromatic rings. The van der Waals surface area contributed by atoms with Gasteiger partial charge in [0.1, 0.15) is 11.9 Å². The highest BCUT2D eigenvalue weighted by Crippen LogP contribution is 2.37. The molecule has 1 N–H and O–H groups in total. The van der Waals surface area contributed by atoms with Gasteiger partial charge in [-0.05, 0) is 68.1 Å². The minimum Gasteiger partial charge on any atom is -0.480 e. The molecule has 1 atom stereocenters. The fraction of sp³-hybridized carbons (Fsp3) is 0.294. The number of pyridine rings is 1. The molecular formula is C34H32N4O3. The fourth-order valence-electron chi connectivity index (χ4n) is 6.61. The van der Waals surface area contributed by atoms with Crippen LogP contribution in [0, 0.1) is 0 Å². The summed E-state index contributed by atoms with van der Waals surface area (Å²) in [5.41, 5.74) is 6.25. The lowest BCUT2D eigenvalue weighted by Crippen LogP contribution is -2.40. The van der Waals surface area contributed by atoms with Gasteiger partial charge >= 0.3 is 5.97 Å². The van der Waals surface area contributed by atoms with Gasteiger partial charge in [-0.2, -0.15) is 0 Å². The van der Waals surface area contributed by atoms with Crippen molar-refractivity contribution in [3.8, 4) is 22.6 Å². The van der Waals surface area contributed by atoms with Gasteiger partial charge in [0.25, 0.3) is 5.91 Å². The number of likely N-dealkylation sites (tertiary alicyclic amines) is 1. The largest absolute Gasteiger partial charge is 0.480 e. The highest BCUT2D eigenvalue weighted by atomic mass is 16.4. The molecule has 3 aromatic carbocycles. The Kier molecular flexibility index (Phi) is 6.50. The summed E-state index contributed by atoms with van der Waals surface area (Å²) in [6.45, 7) is 0.465. The van der Waals surface area contributed by atoms with E-state index >= 15 is 0 Å². The standard InChI is InChI=1S/C34H32N4O3/c39-33(37-19-7-12-31(37)34(40)41)25-15-18-30-29(21-25)36-32(38(30)26-10-5-2-6-11-26)24-14-17-28-23(20-24)13-16-27(35-28)22-8-3-1-4-9-22/h1,3-4,8-9,13-18,20-21,26,31H,2,5-7,10-12,19H2,(H,40,41)/t31-/m0/s1. The first-order valence-corrected chi connectivity index (χ1v) is 14.6. The summed E-state index contributed by atoms with van der Waals surface area (Å²) in [6, 6.07) is 25.9. The van der Waals surface area contributed by atoms with E-state index in [1.54, 1.807) is 0 Å². The summed E-state index contributed by atoms with van der Waals surface area (Å²) in [4.78, 5) is 36.6. The number of hydrogen-bond acceptors (Lipinski definition) is 4. The van der Waals surface area contributed by atoms with E-state index in [1.165, 1.54) is 24.2 Å². The normalized spacial score (nSPS) is 17.9. The van der Waals surface area contributed by atoms with Gasteiger partial charge in [-0.25, -0.2) is 14.8 Å². The maximum absolute atomic E-state index is 13.4. The van der Waals surface area contributed by atoms with Crippen molar-refractivity contribution in [1.82, 2.24) is 19.4 Å². The second-order valence-corrected chi connectivity index (χ2v) is 11.3. The maximum atomic E-state index is 13.4. The van der Waals surface area contributed by atoms with Crippen LogP contribution < -0.4 is 0 Å². The molecule has 0 radical (unpaired) electrons. The van der Waals surface area contributed by atoms with Crippen LogP contribution in [0.5, 0.6) is 0 Å². The summed E-state index contributed by atoms with van der Waals surface area (Å²) in [5.74, 6) is -0.283. The van der Waals surface area contributed by atoms with Crippen LogP contribution >= 0.6 is 0 Å². The van der Waals surface area contributed by atoms with Gasteiger partial charge in [0.15, 0.2) is 0 Å². The van der Waals surface area contributed by atoms with Crippen LogP contribution in [0.2, 0.25) is 0 Å². The SMILES string of the molecule is O=C(O)[C@@H]1CCCN1C(=O)c1ccc2c(c1)nc(-c1ccc3nc(-c4ccccc4)ccc3c1)n2C1CCCCC1. The Hall–Kier alpha value is -4.52. The predicted octanol–water partition coefficient (Wildman–Crippen LogP) is 7.11. The molecule has 2 aliphatic rings. The summed E-state index contributed by atoms with van der Waals surface area (Å²) in [6.07, 6.45) is 7.03. The molecule has 0 spiro atoms. The van der Waals surface area contributed by atoms with E-state index in [-0.39, 0.29) is 5.91 Å². The molecule has 0 bridgehead atoms. The second-order valence-electron chi connectivity index (χ2n) is 11.3. The van der Waals surface area contributed by atoms with Crippen LogP contribution in [0.4, 0.5) is 0 Å². The van der Waals surface area contributed by atoms with E-state index in [0.29, 0.717) is 31.0 Å². The number of carbonyl (C=O) groups is 2. The third-order valence-corrected chi connectivity index (χ3v) is 8.69. The number of rotatable bonds is 5. The van der Waals surface area contributed by atoms with Gasteiger partial charge in [-0.3, -0.25) is 4.79 Å². The van der Waals surface area contributed by atoms with Crippen LogP contribution in [0.25, 0.3) is 44.6 Å². The fourth-order valence-corrected chi connectivity index (χ4v) is 6.61. The van der Waals surface area contributed by atoms with Gasteiger partial charge < -0.3 is 14.6 Å². The van der Waals surface area contributed by atoms with Crippen LogP contribution in [-0.4, -0.2) is 49.0 Å². The lowest BCUT2D eigenvalue weighted by molar-refractivity contribution is -0.141. The van der Waals surface area contributed by atoms with Gasteiger partial charge in [-0.1, -0.05) is 55.7 Å². The Morgan fingerprint density at radius 3 is 2.39 bits per heavy atom. The van der Waals surface area contributed by atoms with E-state index in [1.807, 2.05) is 36.4 Å². The average molecular weight is 545 g/mol. The number of fused-ring (bicyclic) bond motifs is 2. The van der Waals surface area contributed by atoms with Crippen LogP contribution in [0.1, 0.15) is 61.3 Å². The zero-order valence-corrected chi connectivity index (χ0v) is 22.9. The molecule has 206 valence electrons. The minimum atomic E-state index is -0.942. The number of benzene rings is 3. The van der Waals surface area contributed by atoms with Gasteiger partial charge in [0.2, 0.25) is 0 Å². The number of nitrogens with zero attached hydrogens (tertiary/aromatic N) is 4. The summed E-state index contributed by atoms with van der Waals surface area (Å²) in [7, 11) is 0. The van der Waals surface area contributed by atoms with Gasteiger partial charge in [0, 0.05) is 34.7 Å². The number of carboxylic acid groups (broad SMARTS) is 1. The van der Waals surface area contributed by atoms with E-state index in [4.69, 9.17) is 9.97 Å². The van der Waals surface area contributed by atoms with E-state index < -0.39 is 12.0 Å². The number of imidazole rings is 1. The Morgan fingerprint density at radius 2 is 1.59 bits per heavy atom. The van der Waals surface area contributed by atoms with Crippen LogP contribution in [0.15, 0.2) is 78.9 Å². The molecule has 2 aromatic heterocycles. The lowest BCUT2D eigenvalue weighted by Gasteiger charge is -2.26. The molecule has 7 nitrogen and oxygen atoms in total. The first kappa shape index (κ1) is 25.4. The van der Waals surface area contributed by atoms with Crippen LogP contribution in [-0.2, 0) is 4.79 Å². The third kappa shape index (κ3) is 4.65. The second kappa shape index (κ2) is 10.5. The zero-order chi connectivity index (χ0) is 27.9. The number of amides is 1. The highest BCUT2D eigenvalue weighted by molar-refractivity contribution is 6.00. The third-order valence-electron chi connectivity index (χ3n) is 8.69. The maximum Gasteiger partial charge on any atom is 0.326 e. The first-order valence-electron chi connectivity index (χ1n) is 14.6. The first-order chi connectivity index (χ1) is 20.1. The van der Waals surface area contributed by atoms with Gasteiger partial charge in [-0.15, -0.1) is 0 Å². The minimum absolute atomic E-state index is 0.239. The monoisotopic (exact) mass is 544 g/mol. The van der Waals surface area contributed by atoms with Crippen molar-refractivity contribution in [1.29, 1.82) is 0 Å². The molecule has 1 aliphatic heterocycles. The Labute approximate surface area is 238 Å². The van der Waals surface area contributed by atoms with E-state index in [2.05, 4.69) is 47.0 Å². The molecule has 7 rings (SSSR count). The quantitative estimate of drug-likeness (QED) is 0.255. The Bertz CT molecular complexity index is 1770. The van der Waals surface area contributed by atoms with Crippen molar-refractivity contribution in [2.45, 2.75) is 57.0 Å². The molecule has 41 heavy (non-hydrogen) atoms. The molecule has 1 aliphatic carbocycles. The van der Waals surface area contributed by atoms with Crippen molar-refractivity contribution < 1.29 is 14.7 Å². The summed E-state index contributed by atoms with van der Waals surface area (Å²) in [5, 5.41) is 10.6. The zero-order valence-electron chi connectivity index (χ0n) is 22.9. The van der Waals surface area contributed by atoms with Crippen molar-refractivity contribution >= 4 is 33.8 Å². The molecular weight excluding hydrogens is 512 g/mol. The highest BCUT2D eigenvalue weighted by Gasteiger charge is 2.34. The summed E-state index contributed by atoms with van der Waals surface area (Å²) >= 11 is 0. The average Bonchev–Trinajstić information content (AvgIpc) is 3.66. The molecule has 1 saturated carbocycles. The molecule has 1 amide bonds. The molecule has 3 heterocycles. The van der Waals surface area contributed by atoms with Crippen molar-refractivity contribution in [3.63, 3.8) is 0 Å².